The van der Waals surface area contributed by atoms with Crippen LogP contribution >= 0.6 is 0 Å². The largest absolute Gasteiger partial charge is 0.388 e. The first-order valence-corrected chi connectivity index (χ1v) is 6.31. The van der Waals surface area contributed by atoms with Crippen LogP contribution in [0.3, 0.4) is 0 Å². The number of carbonyl (C=O) groups excluding carboxylic acids is 2. The van der Waals surface area contributed by atoms with Crippen molar-refractivity contribution in [2.75, 3.05) is 0 Å². The topological polar surface area (TPSA) is 66.4 Å². The zero-order chi connectivity index (χ0) is 14.0. The molecule has 4 nitrogen and oxygen atoms in total. The molecule has 0 saturated heterocycles. The van der Waals surface area contributed by atoms with Crippen molar-refractivity contribution in [1.82, 2.24) is 5.32 Å². The van der Waals surface area contributed by atoms with Gasteiger partial charge >= 0.3 is 0 Å². The maximum Gasteiger partial charge on any atom is 0.258 e. The van der Waals surface area contributed by atoms with Gasteiger partial charge in [0, 0.05) is 5.56 Å². The second-order valence-corrected chi connectivity index (χ2v) is 4.79. The molecule has 0 radical (unpaired) electrons. The van der Waals surface area contributed by atoms with Crippen molar-refractivity contribution in [2.24, 2.45) is 0 Å². The van der Waals surface area contributed by atoms with E-state index in [0.717, 1.165) is 0 Å². The van der Waals surface area contributed by atoms with Crippen molar-refractivity contribution >= 4 is 11.8 Å². The first kappa shape index (κ1) is 13.5. The fourth-order valence-corrected chi connectivity index (χ4v) is 2.60. The van der Waals surface area contributed by atoms with E-state index in [9.17, 15) is 14.7 Å². The third-order valence-corrected chi connectivity index (χ3v) is 3.66. The summed E-state index contributed by atoms with van der Waals surface area (Å²) in [6.45, 7) is 5.44. The molecular formula is C15H17NO3. The van der Waals surface area contributed by atoms with E-state index in [1.165, 1.54) is 0 Å². The number of benzene rings is 1. The van der Waals surface area contributed by atoms with Gasteiger partial charge in [0.15, 0.2) is 0 Å². The molecule has 2 atom stereocenters. The molecule has 2 N–H and O–H groups in total. The summed E-state index contributed by atoms with van der Waals surface area (Å²) < 4.78 is 0. The molecule has 19 heavy (non-hydrogen) atoms. The molecule has 1 aromatic carbocycles. The van der Waals surface area contributed by atoms with Crippen LogP contribution in [0.2, 0.25) is 0 Å². The van der Waals surface area contributed by atoms with Crippen LogP contribution in [0.1, 0.15) is 41.6 Å². The average molecular weight is 259 g/mol. The van der Waals surface area contributed by atoms with Crippen molar-refractivity contribution < 1.29 is 14.7 Å². The van der Waals surface area contributed by atoms with Crippen LogP contribution in [0.5, 0.6) is 0 Å². The number of rotatable bonds is 4. The fourth-order valence-electron chi connectivity index (χ4n) is 2.60. The Morgan fingerprint density at radius 2 is 2.11 bits per heavy atom. The van der Waals surface area contributed by atoms with Gasteiger partial charge in [0.1, 0.15) is 0 Å². The normalized spacial score (nSPS) is 21.3. The predicted molar refractivity (Wildman–Crippen MR) is 71.7 cm³/mol. The lowest BCUT2D eigenvalue weighted by Crippen LogP contribution is -2.50. The van der Waals surface area contributed by atoms with E-state index in [1.807, 2.05) is 6.92 Å². The highest BCUT2D eigenvalue weighted by atomic mass is 16.3. The highest BCUT2D eigenvalue weighted by molar-refractivity contribution is 6.11. The smallest absolute Gasteiger partial charge is 0.258 e. The molecule has 2 amide bonds. The number of hydrogen-bond acceptors (Lipinski definition) is 3. The summed E-state index contributed by atoms with van der Waals surface area (Å²) in [5.41, 5.74) is -0.187. The SMILES string of the molecule is C=CCC(O)(CC)C1C(=O)NC(=O)c2ccccc21. The lowest BCUT2D eigenvalue weighted by Gasteiger charge is -2.37. The van der Waals surface area contributed by atoms with Crippen molar-refractivity contribution in [3.63, 3.8) is 0 Å². The number of carbonyl (C=O) groups is 2. The minimum atomic E-state index is -1.22. The molecular weight excluding hydrogens is 242 g/mol. The van der Waals surface area contributed by atoms with Gasteiger partial charge in [0.05, 0.1) is 11.5 Å². The van der Waals surface area contributed by atoms with Gasteiger partial charge in [0.2, 0.25) is 5.91 Å². The Morgan fingerprint density at radius 3 is 2.74 bits per heavy atom. The van der Waals surface area contributed by atoms with E-state index < -0.39 is 23.3 Å². The summed E-state index contributed by atoms with van der Waals surface area (Å²) >= 11 is 0. The summed E-state index contributed by atoms with van der Waals surface area (Å²) in [6, 6.07) is 6.89. The Bertz CT molecular complexity index is 538. The Hall–Kier alpha value is -1.94. The van der Waals surface area contributed by atoms with E-state index in [2.05, 4.69) is 11.9 Å². The van der Waals surface area contributed by atoms with Crippen LogP contribution in [-0.4, -0.2) is 22.5 Å². The van der Waals surface area contributed by atoms with Crippen LogP contribution in [0, 0.1) is 0 Å². The molecule has 2 unspecified atom stereocenters. The minimum Gasteiger partial charge on any atom is -0.388 e. The number of aliphatic hydroxyl groups is 1. The van der Waals surface area contributed by atoms with Gasteiger partial charge in [0.25, 0.3) is 5.91 Å². The van der Waals surface area contributed by atoms with Crippen LogP contribution in [0.15, 0.2) is 36.9 Å². The van der Waals surface area contributed by atoms with Crippen molar-refractivity contribution in [3.8, 4) is 0 Å². The van der Waals surface area contributed by atoms with Crippen LogP contribution in [0.4, 0.5) is 0 Å². The molecule has 0 aromatic heterocycles. The zero-order valence-corrected chi connectivity index (χ0v) is 10.8. The number of hydrogen-bond donors (Lipinski definition) is 2. The van der Waals surface area contributed by atoms with E-state index in [1.54, 1.807) is 30.3 Å². The summed E-state index contributed by atoms with van der Waals surface area (Å²) in [5.74, 6) is -1.60. The van der Waals surface area contributed by atoms with Crippen LogP contribution in [0.25, 0.3) is 0 Å². The molecule has 1 heterocycles. The van der Waals surface area contributed by atoms with Gasteiger partial charge in [-0.2, -0.15) is 0 Å². The maximum absolute atomic E-state index is 12.1. The average Bonchev–Trinajstić information content (AvgIpc) is 2.39. The molecule has 1 aromatic rings. The summed E-state index contributed by atoms with van der Waals surface area (Å²) in [4.78, 5) is 23.9. The Balaban J connectivity index is 2.56. The third kappa shape index (κ3) is 2.19. The fraction of sp³-hybridized carbons (Fsp3) is 0.333. The van der Waals surface area contributed by atoms with E-state index in [4.69, 9.17) is 0 Å². The van der Waals surface area contributed by atoms with Crippen molar-refractivity contribution in [1.29, 1.82) is 0 Å². The molecule has 0 saturated carbocycles. The predicted octanol–water partition coefficient (Wildman–Crippen LogP) is 1.76. The highest BCUT2D eigenvalue weighted by Gasteiger charge is 2.44. The second kappa shape index (κ2) is 4.97. The quantitative estimate of drug-likeness (QED) is 0.639. The maximum atomic E-state index is 12.1. The van der Waals surface area contributed by atoms with Gasteiger partial charge in [-0.05, 0) is 24.5 Å². The lowest BCUT2D eigenvalue weighted by molar-refractivity contribution is -0.128. The van der Waals surface area contributed by atoms with Crippen molar-refractivity contribution in [3.05, 3.63) is 48.0 Å². The third-order valence-electron chi connectivity index (χ3n) is 3.66. The van der Waals surface area contributed by atoms with Gasteiger partial charge in [-0.25, -0.2) is 0 Å². The first-order valence-electron chi connectivity index (χ1n) is 6.31. The number of imide groups is 1. The lowest BCUT2D eigenvalue weighted by atomic mass is 9.74. The monoisotopic (exact) mass is 259 g/mol. The molecule has 4 heteroatoms. The van der Waals surface area contributed by atoms with Gasteiger partial charge in [-0.1, -0.05) is 31.2 Å². The van der Waals surface area contributed by atoms with E-state index in [-0.39, 0.29) is 0 Å². The van der Waals surface area contributed by atoms with Crippen molar-refractivity contribution in [2.45, 2.75) is 31.3 Å². The first-order chi connectivity index (χ1) is 9.03. The standard InChI is InChI=1S/C15H17NO3/c1-3-9-15(19,4-2)12-10-7-5-6-8-11(10)13(17)16-14(12)18/h3,5-8,12,19H,1,4,9H2,2H3,(H,16,17,18). The Morgan fingerprint density at radius 1 is 1.42 bits per heavy atom. The number of fused-ring (bicyclic) bond motifs is 1. The highest BCUT2D eigenvalue weighted by Crippen LogP contribution is 2.38. The molecule has 0 fully saturated rings. The Labute approximate surface area is 112 Å². The summed E-state index contributed by atoms with van der Waals surface area (Å²) in [5, 5.41) is 13.0. The Kier molecular flexibility index (Phi) is 3.53. The molecule has 1 aliphatic heterocycles. The molecule has 0 bridgehead atoms. The van der Waals surface area contributed by atoms with Crippen LogP contribution < -0.4 is 5.32 Å². The van der Waals surface area contributed by atoms with E-state index in [0.29, 0.717) is 24.0 Å². The second-order valence-electron chi connectivity index (χ2n) is 4.79. The molecule has 1 aliphatic rings. The van der Waals surface area contributed by atoms with Gasteiger partial charge in [-0.3, -0.25) is 14.9 Å². The molecule has 0 spiro atoms. The molecule has 100 valence electrons. The minimum absolute atomic E-state index is 0.296. The van der Waals surface area contributed by atoms with Gasteiger partial charge in [-0.15, -0.1) is 6.58 Å². The number of nitrogens with one attached hydrogen (secondary N) is 1. The van der Waals surface area contributed by atoms with Gasteiger partial charge < -0.3 is 5.11 Å². The van der Waals surface area contributed by atoms with Crippen LogP contribution in [-0.2, 0) is 4.79 Å². The summed E-state index contributed by atoms with van der Waals surface area (Å²) in [6.07, 6.45) is 2.29. The molecule has 0 aliphatic carbocycles. The van der Waals surface area contributed by atoms with E-state index >= 15 is 0 Å². The zero-order valence-electron chi connectivity index (χ0n) is 10.8. The molecule has 2 rings (SSSR count). The number of amides is 2. The summed E-state index contributed by atoms with van der Waals surface area (Å²) in [7, 11) is 0.